The largest absolute Gasteiger partial charge is 0.573 e. The third-order valence-corrected chi connectivity index (χ3v) is 3.20. The molecule has 0 aliphatic rings. The van der Waals surface area contributed by atoms with Gasteiger partial charge in [-0.1, -0.05) is 29.8 Å². The van der Waals surface area contributed by atoms with Crippen LogP contribution in [0.25, 0.3) is 11.1 Å². The van der Waals surface area contributed by atoms with Crippen molar-refractivity contribution in [2.75, 3.05) is 7.05 Å². The summed E-state index contributed by atoms with van der Waals surface area (Å²) in [6, 6.07) is 11.2. The molecule has 21 heavy (non-hydrogen) atoms. The quantitative estimate of drug-likeness (QED) is 0.888. The highest BCUT2D eigenvalue weighted by atomic mass is 35.5. The molecular formula is C15H13ClF3NO. The van der Waals surface area contributed by atoms with E-state index in [2.05, 4.69) is 10.1 Å². The number of hydrogen-bond acceptors (Lipinski definition) is 2. The molecule has 0 aromatic heterocycles. The number of hydrogen-bond donors (Lipinski definition) is 1. The van der Waals surface area contributed by atoms with Gasteiger partial charge in [-0.3, -0.25) is 0 Å². The lowest BCUT2D eigenvalue weighted by Crippen LogP contribution is -2.16. The van der Waals surface area contributed by atoms with Crippen molar-refractivity contribution in [1.82, 2.24) is 5.32 Å². The van der Waals surface area contributed by atoms with Crippen LogP contribution in [0, 0.1) is 0 Å². The molecule has 0 amide bonds. The van der Waals surface area contributed by atoms with E-state index >= 15 is 0 Å². The molecule has 6 heteroatoms. The fourth-order valence-electron chi connectivity index (χ4n) is 1.93. The molecule has 2 nitrogen and oxygen atoms in total. The monoisotopic (exact) mass is 315 g/mol. The molecule has 0 radical (unpaired) electrons. The minimum atomic E-state index is -4.68. The first-order chi connectivity index (χ1) is 9.89. The highest BCUT2D eigenvalue weighted by molar-refractivity contribution is 6.31. The lowest BCUT2D eigenvalue weighted by Gasteiger charge is -2.10. The lowest BCUT2D eigenvalue weighted by molar-refractivity contribution is -0.274. The van der Waals surface area contributed by atoms with Gasteiger partial charge in [-0.15, -0.1) is 13.2 Å². The summed E-state index contributed by atoms with van der Waals surface area (Å²) in [7, 11) is 1.81. The molecule has 0 aliphatic heterocycles. The van der Waals surface area contributed by atoms with Crippen molar-refractivity contribution >= 4 is 11.6 Å². The van der Waals surface area contributed by atoms with Gasteiger partial charge in [0.15, 0.2) is 0 Å². The highest BCUT2D eigenvalue weighted by Gasteiger charge is 2.30. The van der Waals surface area contributed by atoms with Crippen LogP contribution in [0.4, 0.5) is 13.2 Å². The molecule has 0 atom stereocenters. The van der Waals surface area contributed by atoms with Crippen molar-refractivity contribution in [2.24, 2.45) is 0 Å². The van der Waals surface area contributed by atoms with E-state index in [-0.39, 0.29) is 5.75 Å². The van der Waals surface area contributed by atoms with Crippen molar-refractivity contribution in [1.29, 1.82) is 0 Å². The Morgan fingerprint density at radius 2 is 1.67 bits per heavy atom. The number of rotatable bonds is 4. The maximum Gasteiger partial charge on any atom is 0.573 e. The van der Waals surface area contributed by atoms with Crippen LogP contribution in [0.1, 0.15) is 5.56 Å². The van der Waals surface area contributed by atoms with Gasteiger partial charge in [0.25, 0.3) is 0 Å². The molecule has 0 saturated carbocycles. The summed E-state index contributed by atoms with van der Waals surface area (Å²) in [4.78, 5) is 0. The van der Waals surface area contributed by atoms with Gasteiger partial charge in [-0.25, -0.2) is 0 Å². The zero-order valence-corrected chi connectivity index (χ0v) is 11.9. The summed E-state index contributed by atoms with van der Waals surface area (Å²) in [5.41, 5.74) is 2.59. The molecule has 0 bridgehead atoms. The predicted octanol–water partition coefficient (Wildman–Crippen LogP) is 4.63. The summed E-state index contributed by atoms with van der Waals surface area (Å²) in [5, 5.41) is 3.65. The molecule has 0 spiro atoms. The van der Waals surface area contributed by atoms with Gasteiger partial charge in [0.2, 0.25) is 0 Å². The van der Waals surface area contributed by atoms with Crippen LogP contribution in [-0.4, -0.2) is 13.4 Å². The highest BCUT2D eigenvalue weighted by Crippen LogP contribution is 2.28. The SMILES string of the molecule is CNCc1cc(-c2ccc(OC(F)(F)F)cc2)ccc1Cl. The summed E-state index contributed by atoms with van der Waals surface area (Å²) in [5.74, 6) is -0.240. The van der Waals surface area contributed by atoms with Crippen molar-refractivity contribution in [3.8, 4) is 16.9 Å². The number of nitrogens with one attached hydrogen (secondary N) is 1. The van der Waals surface area contributed by atoms with Crippen LogP contribution in [-0.2, 0) is 6.54 Å². The van der Waals surface area contributed by atoms with Crippen LogP contribution in [0.2, 0.25) is 5.02 Å². The zero-order valence-electron chi connectivity index (χ0n) is 11.2. The van der Waals surface area contributed by atoms with Crippen LogP contribution >= 0.6 is 11.6 Å². The van der Waals surface area contributed by atoms with E-state index in [9.17, 15) is 13.2 Å². The molecule has 0 saturated heterocycles. The average molecular weight is 316 g/mol. The van der Waals surface area contributed by atoms with Crippen molar-refractivity contribution in [2.45, 2.75) is 12.9 Å². The summed E-state index contributed by atoms with van der Waals surface area (Å²) < 4.78 is 40.2. The van der Waals surface area contributed by atoms with Crippen molar-refractivity contribution in [3.05, 3.63) is 53.1 Å². The van der Waals surface area contributed by atoms with Gasteiger partial charge in [0.05, 0.1) is 0 Å². The maximum absolute atomic E-state index is 12.1. The Hall–Kier alpha value is -1.72. The molecule has 0 heterocycles. The second kappa shape index (κ2) is 6.37. The van der Waals surface area contributed by atoms with Crippen LogP contribution in [0.3, 0.4) is 0 Å². The van der Waals surface area contributed by atoms with Gasteiger partial charge in [-0.2, -0.15) is 0 Å². The van der Waals surface area contributed by atoms with Gasteiger partial charge >= 0.3 is 6.36 Å². The van der Waals surface area contributed by atoms with Gasteiger partial charge in [0.1, 0.15) is 5.75 Å². The first-order valence-corrected chi connectivity index (χ1v) is 6.56. The molecule has 0 fully saturated rings. The van der Waals surface area contributed by atoms with E-state index in [0.29, 0.717) is 11.6 Å². The molecule has 1 N–H and O–H groups in total. The first-order valence-electron chi connectivity index (χ1n) is 6.18. The summed E-state index contributed by atoms with van der Waals surface area (Å²) in [6.07, 6.45) is -4.68. The Morgan fingerprint density at radius 1 is 1.05 bits per heavy atom. The van der Waals surface area contributed by atoms with Gasteiger partial charge in [0, 0.05) is 11.6 Å². The molecule has 112 valence electrons. The average Bonchev–Trinajstić information content (AvgIpc) is 2.41. The van der Waals surface area contributed by atoms with E-state index in [1.165, 1.54) is 12.1 Å². The number of halogens is 4. The third kappa shape index (κ3) is 4.37. The minimum Gasteiger partial charge on any atom is -0.406 e. The Bertz CT molecular complexity index is 611. The van der Waals surface area contributed by atoms with E-state index < -0.39 is 6.36 Å². The molecule has 2 aromatic carbocycles. The molecular weight excluding hydrogens is 303 g/mol. The summed E-state index contributed by atoms with van der Waals surface area (Å²) >= 11 is 6.08. The molecule has 0 unspecified atom stereocenters. The molecule has 2 rings (SSSR count). The van der Waals surface area contributed by atoms with Gasteiger partial charge in [-0.05, 0) is 48.0 Å². The fourth-order valence-corrected chi connectivity index (χ4v) is 2.11. The Kier molecular flexibility index (Phi) is 4.75. The van der Waals surface area contributed by atoms with Gasteiger partial charge < -0.3 is 10.1 Å². The van der Waals surface area contributed by atoms with E-state index in [1.54, 1.807) is 18.2 Å². The Balaban J connectivity index is 2.24. The molecule has 0 aliphatic carbocycles. The zero-order chi connectivity index (χ0) is 15.5. The van der Waals surface area contributed by atoms with Crippen LogP contribution < -0.4 is 10.1 Å². The number of ether oxygens (including phenoxy) is 1. The predicted molar refractivity (Wildman–Crippen MR) is 76.3 cm³/mol. The van der Waals surface area contributed by atoms with E-state index in [4.69, 9.17) is 11.6 Å². The Morgan fingerprint density at radius 3 is 2.24 bits per heavy atom. The second-order valence-electron chi connectivity index (χ2n) is 4.41. The first kappa shape index (κ1) is 15.7. The lowest BCUT2D eigenvalue weighted by atomic mass is 10.0. The smallest absolute Gasteiger partial charge is 0.406 e. The topological polar surface area (TPSA) is 21.3 Å². The van der Waals surface area contributed by atoms with Crippen molar-refractivity contribution < 1.29 is 17.9 Å². The van der Waals surface area contributed by atoms with Crippen LogP contribution in [0.5, 0.6) is 5.75 Å². The molecule has 2 aromatic rings. The second-order valence-corrected chi connectivity index (χ2v) is 4.82. The number of benzene rings is 2. The standard InChI is InChI=1S/C15H13ClF3NO/c1-20-9-12-8-11(4-7-14(12)16)10-2-5-13(6-3-10)21-15(17,18)19/h2-8,20H,9H2,1H3. The van der Waals surface area contributed by atoms with E-state index in [0.717, 1.165) is 16.7 Å². The number of alkyl halides is 3. The fraction of sp³-hybridized carbons (Fsp3) is 0.200. The normalized spacial score (nSPS) is 11.5. The maximum atomic E-state index is 12.1. The third-order valence-electron chi connectivity index (χ3n) is 2.83. The van der Waals surface area contributed by atoms with E-state index in [1.807, 2.05) is 19.2 Å². The van der Waals surface area contributed by atoms with Crippen molar-refractivity contribution in [3.63, 3.8) is 0 Å². The van der Waals surface area contributed by atoms with Crippen LogP contribution in [0.15, 0.2) is 42.5 Å². The minimum absolute atomic E-state index is 0.240. The summed E-state index contributed by atoms with van der Waals surface area (Å²) in [6.45, 7) is 0.613. The Labute approximate surface area is 125 Å².